The monoisotopic (exact) mass is 144 g/mol. The minimum absolute atomic E-state index is 0.693. The summed E-state index contributed by atoms with van der Waals surface area (Å²) in [5.74, 6) is 1.41. The lowest BCUT2D eigenvalue weighted by molar-refractivity contribution is 0.185. The van der Waals surface area contributed by atoms with E-state index in [1.807, 2.05) is 0 Å². The Balaban J connectivity index is 2.39. The first kappa shape index (κ1) is 4.76. The molecule has 0 atom stereocenters. The Hall–Kier alpha value is -0.0400. The maximum Gasteiger partial charge on any atom is 0.0394 e. The molecule has 1 fully saturated rings. The van der Waals surface area contributed by atoms with Crippen molar-refractivity contribution in [3.05, 3.63) is 0 Å². The van der Waals surface area contributed by atoms with Crippen LogP contribution in [0.1, 0.15) is 30.8 Å². The molecule has 1 saturated heterocycles. The lowest BCUT2D eigenvalue weighted by atomic mass is 9.87. The van der Waals surface area contributed by atoms with Gasteiger partial charge >= 0.3 is 0 Å². The van der Waals surface area contributed by atoms with E-state index in [1.165, 1.54) is 0 Å². The molecule has 0 bridgehead atoms. The summed E-state index contributed by atoms with van der Waals surface area (Å²) in [5, 5.41) is 0. The van der Waals surface area contributed by atoms with Crippen molar-refractivity contribution in [3.63, 3.8) is 0 Å². The lowest BCUT2D eigenvalue weighted by Gasteiger charge is -2.31. The molecule has 0 N–H and O–H groups in total. The van der Waals surface area contributed by atoms with Gasteiger partial charge < -0.3 is 4.90 Å². The first-order valence-corrected chi connectivity index (χ1v) is 4.16. The van der Waals surface area contributed by atoms with Crippen LogP contribution < -0.4 is 0 Å². The molecule has 1 heteroatoms. The van der Waals surface area contributed by atoms with Crippen molar-refractivity contribution in [2.45, 2.75) is 26.7 Å². The van der Waals surface area contributed by atoms with Gasteiger partial charge in [-0.3, -0.25) is 0 Å². The second kappa shape index (κ2) is 3.38. The van der Waals surface area contributed by atoms with Gasteiger partial charge in [-0.1, -0.05) is 13.8 Å². The molecule has 0 radical (unpaired) electrons. The maximum atomic E-state index is 7.26. The molecule has 1 aliphatic heterocycles. The summed E-state index contributed by atoms with van der Waals surface area (Å²) in [6.45, 7) is 4.03. The fourth-order valence-electron chi connectivity index (χ4n) is 1.57. The summed E-state index contributed by atoms with van der Waals surface area (Å²) < 4.78 is 21.8. The average Bonchev–Trinajstić information content (AvgIpc) is 2.03. The molecule has 1 heterocycles. The summed E-state index contributed by atoms with van der Waals surface area (Å²) in [4.78, 5) is 1.62. The number of hydrogen-bond donors (Lipinski definition) is 0. The Morgan fingerprint density at radius 3 is 2.40 bits per heavy atom. The van der Waals surface area contributed by atoms with Crippen LogP contribution in [0.25, 0.3) is 0 Å². The van der Waals surface area contributed by atoms with Gasteiger partial charge in [0.05, 0.1) is 0 Å². The molecular formula is C9H19N. The molecule has 0 aromatic carbocycles. The zero-order valence-electron chi connectivity index (χ0n) is 9.93. The highest BCUT2D eigenvalue weighted by Crippen LogP contribution is 2.23. The van der Waals surface area contributed by atoms with Gasteiger partial charge in [-0.25, -0.2) is 0 Å². The van der Waals surface area contributed by atoms with Crippen molar-refractivity contribution in [2.24, 2.45) is 11.8 Å². The van der Waals surface area contributed by atoms with Crippen molar-refractivity contribution >= 4 is 0 Å². The first-order chi connectivity index (χ1) is 5.91. The Bertz CT molecular complexity index is 157. The molecule has 1 rings (SSSR count). The minimum atomic E-state index is -1.87. The van der Waals surface area contributed by atoms with Crippen LogP contribution in [0.5, 0.6) is 0 Å². The molecule has 0 amide bonds. The van der Waals surface area contributed by atoms with Crippen molar-refractivity contribution in [2.75, 3.05) is 20.1 Å². The summed E-state index contributed by atoms with van der Waals surface area (Å²) in [6, 6.07) is 0. The molecule has 10 heavy (non-hydrogen) atoms. The van der Waals surface area contributed by atoms with Gasteiger partial charge in [-0.05, 0) is 44.7 Å². The molecule has 0 spiro atoms. The predicted molar refractivity (Wildman–Crippen MR) is 45.1 cm³/mol. The van der Waals surface area contributed by atoms with Gasteiger partial charge in [0.15, 0.2) is 0 Å². The highest BCUT2D eigenvalue weighted by Gasteiger charge is 2.18. The van der Waals surface area contributed by atoms with E-state index >= 15 is 0 Å². The van der Waals surface area contributed by atoms with Crippen LogP contribution in [0, 0.1) is 11.8 Å². The highest BCUT2D eigenvalue weighted by atomic mass is 15.1. The fraction of sp³-hybridized carbons (Fsp3) is 1.00. The zero-order valence-corrected chi connectivity index (χ0v) is 6.93. The third-order valence-electron chi connectivity index (χ3n) is 2.48. The quantitative estimate of drug-likeness (QED) is 0.544. The summed E-state index contributed by atoms with van der Waals surface area (Å²) in [5.41, 5.74) is 0. The van der Waals surface area contributed by atoms with Crippen molar-refractivity contribution in [3.8, 4) is 0 Å². The summed E-state index contributed by atoms with van der Waals surface area (Å²) in [6.07, 6.45) is 2.08. The van der Waals surface area contributed by atoms with Crippen LogP contribution in [0.2, 0.25) is 0 Å². The van der Waals surface area contributed by atoms with Crippen molar-refractivity contribution < 1.29 is 4.11 Å². The van der Waals surface area contributed by atoms with Crippen LogP contribution in [0.4, 0.5) is 0 Å². The Kier molecular flexibility index (Phi) is 1.61. The van der Waals surface area contributed by atoms with Crippen LogP contribution in [-0.2, 0) is 0 Å². The Labute approximate surface area is 68.6 Å². The van der Waals surface area contributed by atoms with Crippen molar-refractivity contribution in [1.82, 2.24) is 4.90 Å². The van der Waals surface area contributed by atoms with Crippen LogP contribution in [0.3, 0.4) is 0 Å². The van der Waals surface area contributed by atoms with E-state index < -0.39 is 6.98 Å². The van der Waals surface area contributed by atoms with Gasteiger partial charge in [0.1, 0.15) is 0 Å². The van der Waals surface area contributed by atoms with Gasteiger partial charge in [-0.2, -0.15) is 0 Å². The van der Waals surface area contributed by atoms with E-state index in [2.05, 4.69) is 13.8 Å². The largest absolute Gasteiger partial charge is 0.306 e. The molecule has 0 aliphatic carbocycles. The van der Waals surface area contributed by atoms with Gasteiger partial charge in [0.25, 0.3) is 0 Å². The van der Waals surface area contributed by atoms with Crippen LogP contribution >= 0.6 is 0 Å². The Morgan fingerprint density at radius 1 is 1.40 bits per heavy atom. The number of nitrogens with zero attached hydrogens (tertiary/aromatic N) is 1. The van der Waals surface area contributed by atoms with Crippen molar-refractivity contribution in [1.29, 1.82) is 0 Å². The number of hydrogen-bond acceptors (Lipinski definition) is 1. The Morgan fingerprint density at radius 2 is 2.00 bits per heavy atom. The second-order valence-electron chi connectivity index (χ2n) is 3.57. The van der Waals surface area contributed by atoms with E-state index in [4.69, 9.17) is 4.11 Å². The topological polar surface area (TPSA) is 3.24 Å². The van der Waals surface area contributed by atoms with E-state index in [0.717, 1.165) is 31.8 Å². The third-order valence-corrected chi connectivity index (χ3v) is 2.48. The lowest BCUT2D eigenvalue weighted by Crippen LogP contribution is -2.32. The summed E-state index contributed by atoms with van der Waals surface area (Å²) >= 11 is 0. The number of piperidine rings is 1. The highest BCUT2D eigenvalue weighted by molar-refractivity contribution is 4.71. The van der Waals surface area contributed by atoms with E-state index in [-0.39, 0.29) is 0 Å². The smallest absolute Gasteiger partial charge is 0.0394 e. The SMILES string of the molecule is [2H]C([2H])([2H])N1CCC(C(C)C)CC1. The summed E-state index contributed by atoms with van der Waals surface area (Å²) in [7, 11) is 0. The molecule has 0 saturated carbocycles. The molecule has 1 nitrogen and oxygen atoms in total. The third kappa shape index (κ3) is 1.98. The average molecular weight is 144 g/mol. The molecule has 1 aliphatic rings. The normalized spacial score (nSPS) is 29.7. The van der Waals surface area contributed by atoms with Gasteiger partial charge in [-0.15, -0.1) is 0 Å². The fourth-order valence-corrected chi connectivity index (χ4v) is 1.57. The van der Waals surface area contributed by atoms with Gasteiger partial charge in [0.2, 0.25) is 0 Å². The van der Waals surface area contributed by atoms with E-state index in [0.29, 0.717) is 5.92 Å². The van der Waals surface area contributed by atoms with E-state index in [1.54, 1.807) is 4.90 Å². The molecule has 60 valence electrons. The zero-order chi connectivity index (χ0) is 10.1. The number of likely N-dealkylation sites (tertiary alicyclic amines) is 1. The molecule has 0 unspecified atom stereocenters. The standard InChI is InChI=1S/C9H19N/c1-8(2)9-4-6-10(3)7-5-9/h8-9H,4-7H2,1-3H3/i3D3. The molecular weight excluding hydrogens is 122 g/mol. The minimum Gasteiger partial charge on any atom is -0.306 e. The maximum absolute atomic E-state index is 7.26. The van der Waals surface area contributed by atoms with Crippen LogP contribution in [-0.4, -0.2) is 25.0 Å². The van der Waals surface area contributed by atoms with E-state index in [9.17, 15) is 0 Å². The van der Waals surface area contributed by atoms with Crippen LogP contribution in [0.15, 0.2) is 0 Å². The molecule has 0 aromatic rings. The van der Waals surface area contributed by atoms with Gasteiger partial charge in [0, 0.05) is 4.11 Å². The second-order valence-corrected chi connectivity index (χ2v) is 3.57. The first-order valence-electron chi connectivity index (χ1n) is 5.66. The predicted octanol–water partition coefficient (Wildman–Crippen LogP) is 1.98. The molecule has 0 aromatic heterocycles. The number of rotatable bonds is 1.